The molecule has 0 aliphatic carbocycles. The molecule has 0 fully saturated rings. The van der Waals surface area contributed by atoms with E-state index in [1.54, 1.807) is 0 Å². The van der Waals surface area contributed by atoms with E-state index < -0.39 is 14.8 Å². The average molecular weight is 325 g/mol. The van der Waals surface area contributed by atoms with E-state index in [1.807, 2.05) is 26.2 Å². The summed E-state index contributed by atoms with van der Waals surface area (Å²) in [5.41, 5.74) is -0.614. The zero-order valence-corrected chi connectivity index (χ0v) is 14.5. The fourth-order valence-electron chi connectivity index (χ4n) is 1.60. The third kappa shape index (κ3) is 4.76. The van der Waals surface area contributed by atoms with E-state index in [9.17, 15) is 9.59 Å². The van der Waals surface area contributed by atoms with E-state index in [2.05, 4.69) is 0 Å². The molecule has 0 N–H and O–H groups in total. The predicted octanol–water partition coefficient (Wildman–Crippen LogP) is 1.98. The molecule has 0 radical (unpaired) electrons. The number of aromatic nitrogens is 2. The van der Waals surface area contributed by atoms with Gasteiger partial charge in [0.15, 0.2) is 14.8 Å². The molecule has 0 aromatic carbocycles. The predicted molar refractivity (Wildman–Crippen MR) is 81.6 cm³/mol. The third-order valence-corrected chi connectivity index (χ3v) is 5.10. The van der Waals surface area contributed by atoms with Crippen molar-refractivity contribution in [3.8, 4) is 0 Å². The topological polar surface area (TPSA) is 44.0 Å². The highest BCUT2D eigenvalue weighted by atomic mass is 35.6. The van der Waals surface area contributed by atoms with E-state index in [-0.39, 0.29) is 11.2 Å². The van der Waals surface area contributed by atoms with Crippen molar-refractivity contribution in [3.63, 3.8) is 0 Å². The van der Waals surface area contributed by atoms with Crippen LogP contribution in [0.2, 0.25) is 26.2 Å². The van der Waals surface area contributed by atoms with Crippen LogP contribution in [0.15, 0.2) is 21.9 Å². The van der Waals surface area contributed by atoms with Crippen molar-refractivity contribution in [2.24, 2.45) is 0 Å². The van der Waals surface area contributed by atoms with Crippen LogP contribution in [0.25, 0.3) is 0 Å². The molecule has 0 atom stereocenters. The highest BCUT2D eigenvalue weighted by molar-refractivity contribution is 7.18. The highest BCUT2D eigenvalue weighted by Crippen LogP contribution is 2.10. The van der Waals surface area contributed by atoms with Crippen LogP contribution in [0, 0.1) is 0 Å². The van der Waals surface area contributed by atoms with Gasteiger partial charge >= 0.3 is 5.69 Å². The van der Waals surface area contributed by atoms with Crippen LogP contribution in [-0.4, -0.2) is 23.9 Å². The van der Waals surface area contributed by atoms with Crippen LogP contribution >= 0.6 is 22.2 Å². The lowest BCUT2D eigenvalue weighted by atomic mass is 10.6. The average Bonchev–Trinajstić information content (AvgIpc) is 2.14. The maximum absolute atomic E-state index is 12.2. The first kappa shape index (κ1) is 15.8. The molecule has 1 heterocycles. The molecular weight excluding hydrogens is 307 g/mol. The first-order valence-electron chi connectivity index (χ1n) is 5.68. The van der Waals surface area contributed by atoms with Gasteiger partial charge in [-0.25, -0.2) is 4.79 Å². The lowest BCUT2D eigenvalue weighted by molar-refractivity contribution is 0.651. The summed E-state index contributed by atoms with van der Waals surface area (Å²) in [4.78, 5) is 23.9. The van der Waals surface area contributed by atoms with Gasteiger partial charge in [-0.05, 0) is 0 Å². The highest BCUT2D eigenvalue weighted by Gasteiger charge is 2.23. The Labute approximate surface area is 118 Å². The fourth-order valence-corrected chi connectivity index (χ4v) is 4.44. The van der Waals surface area contributed by atoms with E-state index in [1.165, 1.54) is 21.4 Å². The number of hydrogen-bond acceptors (Lipinski definition) is 2. The van der Waals surface area contributed by atoms with Crippen LogP contribution in [-0.2, 0) is 12.3 Å². The Morgan fingerprint density at radius 3 is 2.00 bits per heavy atom. The molecule has 0 amide bonds. The summed E-state index contributed by atoms with van der Waals surface area (Å²) in [5, 5.41) is 0. The molecular formula is C10H18Cl2N2O2Si2. The lowest BCUT2D eigenvalue weighted by Crippen LogP contribution is -2.46. The van der Waals surface area contributed by atoms with Crippen molar-refractivity contribution >= 4 is 36.9 Å². The molecule has 1 rings (SSSR count). The maximum Gasteiger partial charge on any atom is 0.330 e. The third-order valence-electron chi connectivity index (χ3n) is 2.22. The van der Waals surface area contributed by atoms with E-state index in [0.717, 1.165) is 0 Å². The van der Waals surface area contributed by atoms with Crippen LogP contribution < -0.4 is 11.2 Å². The maximum atomic E-state index is 12.2. The summed E-state index contributed by atoms with van der Waals surface area (Å²) in [6.45, 7) is 7.71. The normalized spacial score (nSPS) is 12.8. The van der Waals surface area contributed by atoms with E-state index in [4.69, 9.17) is 22.2 Å². The van der Waals surface area contributed by atoms with Crippen LogP contribution in [0.5, 0.6) is 0 Å². The Bertz CT molecular complexity index is 541. The van der Waals surface area contributed by atoms with Crippen LogP contribution in [0.3, 0.4) is 0 Å². The van der Waals surface area contributed by atoms with Crippen molar-refractivity contribution < 1.29 is 0 Å². The van der Waals surface area contributed by atoms with Gasteiger partial charge in [-0.3, -0.25) is 9.36 Å². The van der Waals surface area contributed by atoms with E-state index >= 15 is 0 Å². The van der Waals surface area contributed by atoms with Crippen LogP contribution in [0.4, 0.5) is 0 Å². The summed E-state index contributed by atoms with van der Waals surface area (Å²) in [6, 6.07) is 1.40. The number of halogens is 2. The summed E-state index contributed by atoms with van der Waals surface area (Å²) in [6.07, 6.45) is 2.32. The van der Waals surface area contributed by atoms with Gasteiger partial charge in [0.05, 0.1) is 0 Å². The Hall–Kier alpha value is -0.306. The minimum absolute atomic E-state index is 0.300. The number of hydrogen-bond donors (Lipinski definition) is 0. The quantitative estimate of drug-likeness (QED) is 0.628. The van der Waals surface area contributed by atoms with Crippen molar-refractivity contribution in [1.82, 2.24) is 9.13 Å². The molecule has 102 valence electrons. The fraction of sp³-hybridized carbons (Fsp3) is 0.600. The van der Waals surface area contributed by atoms with Gasteiger partial charge in [-0.15, -0.1) is 0 Å². The molecule has 18 heavy (non-hydrogen) atoms. The Balaban J connectivity index is 3.24. The number of nitrogens with zero attached hydrogens (tertiary/aromatic N) is 2. The van der Waals surface area contributed by atoms with Gasteiger partial charge in [0, 0.05) is 24.6 Å². The van der Waals surface area contributed by atoms with Crippen molar-refractivity contribution in [3.05, 3.63) is 33.1 Å². The second-order valence-corrected chi connectivity index (χ2v) is 19.2. The molecule has 0 aliphatic heterocycles. The van der Waals surface area contributed by atoms with Gasteiger partial charge in [0.25, 0.3) is 5.56 Å². The minimum atomic E-state index is -2.04. The molecule has 0 aliphatic rings. The van der Waals surface area contributed by atoms with Crippen molar-refractivity contribution in [2.75, 3.05) is 0 Å². The monoisotopic (exact) mass is 324 g/mol. The Morgan fingerprint density at radius 2 is 1.56 bits per heavy atom. The second kappa shape index (κ2) is 5.36. The summed E-state index contributed by atoms with van der Waals surface area (Å²) in [7, 11) is -3.97. The summed E-state index contributed by atoms with van der Waals surface area (Å²) in [5.74, 6) is 0. The first-order valence-corrected chi connectivity index (χ1v) is 14.1. The van der Waals surface area contributed by atoms with Gasteiger partial charge < -0.3 is 4.57 Å². The largest absolute Gasteiger partial charge is 0.330 e. The second-order valence-electron chi connectivity index (χ2n) is 5.59. The Morgan fingerprint density at radius 1 is 1.06 bits per heavy atom. The van der Waals surface area contributed by atoms with Gasteiger partial charge in [-0.1, -0.05) is 26.2 Å². The molecule has 0 spiro atoms. The van der Waals surface area contributed by atoms with Gasteiger partial charge in [0.2, 0.25) is 0 Å². The number of rotatable bonds is 4. The molecule has 4 nitrogen and oxygen atoms in total. The van der Waals surface area contributed by atoms with Crippen LogP contribution in [0.1, 0.15) is 0 Å². The molecule has 1 aromatic heterocycles. The Kier molecular flexibility index (Phi) is 4.69. The van der Waals surface area contributed by atoms with Gasteiger partial charge in [-0.2, -0.15) is 22.2 Å². The minimum Gasteiger partial charge on any atom is -0.302 e. The SMILES string of the molecule is C[Si](C)(Cl)Cn1ccc(=O)n(C[Si](C)(C)Cl)c1=O. The molecule has 0 unspecified atom stereocenters. The zero-order valence-electron chi connectivity index (χ0n) is 11.0. The standard InChI is InChI=1S/C10H18Cl2N2O2Si2/c1-17(2,11)7-13-6-5-9(15)14(10(13)16)8-18(3,4)12/h5-6H,7-8H2,1-4H3. The summed E-state index contributed by atoms with van der Waals surface area (Å²) >= 11 is 12.4. The van der Waals surface area contributed by atoms with E-state index in [0.29, 0.717) is 12.3 Å². The molecule has 8 heteroatoms. The molecule has 0 saturated heterocycles. The van der Waals surface area contributed by atoms with Crippen molar-refractivity contribution in [1.29, 1.82) is 0 Å². The molecule has 0 bridgehead atoms. The smallest absolute Gasteiger partial charge is 0.302 e. The summed E-state index contributed by atoms with van der Waals surface area (Å²) < 4.78 is 2.73. The molecule has 0 saturated carbocycles. The zero-order chi connectivity index (χ0) is 14.1. The van der Waals surface area contributed by atoms with Gasteiger partial charge in [0.1, 0.15) is 0 Å². The first-order chi connectivity index (χ1) is 7.99. The lowest BCUT2D eigenvalue weighted by Gasteiger charge is -2.18. The molecule has 1 aromatic rings. The van der Waals surface area contributed by atoms with Crippen molar-refractivity contribution in [2.45, 2.75) is 38.5 Å².